The fourth-order valence-corrected chi connectivity index (χ4v) is 4.97. The molecule has 0 spiro atoms. The summed E-state index contributed by atoms with van der Waals surface area (Å²) in [6, 6.07) is 5.39. The lowest BCUT2D eigenvalue weighted by Gasteiger charge is -2.28. The van der Waals surface area contributed by atoms with Crippen molar-refractivity contribution in [3.05, 3.63) is 42.1 Å². The van der Waals surface area contributed by atoms with Gasteiger partial charge in [-0.2, -0.15) is 0 Å². The number of nitrogens with one attached hydrogen (secondary N) is 1. The molecule has 4 rings (SSSR count). The molecule has 0 unspecified atom stereocenters. The Kier molecular flexibility index (Phi) is 7.10. The molecular weight excluding hydrogens is 431 g/mol. The van der Waals surface area contributed by atoms with E-state index in [1.165, 1.54) is 6.07 Å². The quantitative estimate of drug-likeness (QED) is 0.449. The van der Waals surface area contributed by atoms with Crippen molar-refractivity contribution in [3.8, 4) is 11.1 Å². The van der Waals surface area contributed by atoms with Crippen molar-refractivity contribution in [2.75, 3.05) is 5.32 Å². The third kappa shape index (κ3) is 5.03. The molecular formula is C27H33FN4O2. The van der Waals surface area contributed by atoms with Crippen LogP contribution < -0.4 is 5.32 Å². The summed E-state index contributed by atoms with van der Waals surface area (Å²) in [5, 5.41) is 2.97. The second kappa shape index (κ2) is 10.0. The summed E-state index contributed by atoms with van der Waals surface area (Å²) >= 11 is 0. The van der Waals surface area contributed by atoms with Gasteiger partial charge in [0.2, 0.25) is 5.91 Å². The first kappa shape index (κ1) is 24.0. The van der Waals surface area contributed by atoms with E-state index in [1.54, 1.807) is 12.5 Å². The Balaban J connectivity index is 1.56. The first-order chi connectivity index (χ1) is 16.3. The second-order valence-corrected chi connectivity index (χ2v) is 9.77. The zero-order valence-corrected chi connectivity index (χ0v) is 20.4. The van der Waals surface area contributed by atoms with E-state index in [4.69, 9.17) is 0 Å². The molecule has 34 heavy (non-hydrogen) atoms. The van der Waals surface area contributed by atoms with E-state index < -0.39 is 0 Å². The summed E-state index contributed by atoms with van der Waals surface area (Å²) in [6.45, 7) is 7.87. The van der Waals surface area contributed by atoms with Gasteiger partial charge in [-0.05, 0) is 80.8 Å². The van der Waals surface area contributed by atoms with Crippen LogP contribution in [0.1, 0.15) is 70.9 Å². The Morgan fingerprint density at radius 1 is 1.21 bits per heavy atom. The van der Waals surface area contributed by atoms with Crippen LogP contribution in [0.2, 0.25) is 0 Å². The smallest absolute Gasteiger partial charge is 0.228 e. The number of ketones is 1. The van der Waals surface area contributed by atoms with Crippen molar-refractivity contribution in [1.82, 2.24) is 14.5 Å². The summed E-state index contributed by atoms with van der Waals surface area (Å²) < 4.78 is 16.8. The molecule has 0 aliphatic heterocycles. The zero-order chi connectivity index (χ0) is 24.4. The van der Waals surface area contributed by atoms with E-state index in [9.17, 15) is 14.0 Å². The molecule has 1 amide bonds. The van der Waals surface area contributed by atoms with Gasteiger partial charge in [0.1, 0.15) is 17.1 Å². The van der Waals surface area contributed by atoms with Gasteiger partial charge in [-0.1, -0.05) is 13.3 Å². The Hall–Kier alpha value is -3.09. The number of carbonyl (C=O) groups is 2. The second-order valence-electron chi connectivity index (χ2n) is 9.77. The van der Waals surface area contributed by atoms with E-state index in [0.717, 1.165) is 47.9 Å². The summed E-state index contributed by atoms with van der Waals surface area (Å²) in [4.78, 5) is 33.5. The summed E-state index contributed by atoms with van der Waals surface area (Å²) in [5.74, 6) is 0.441. The van der Waals surface area contributed by atoms with Crippen molar-refractivity contribution in [2.24, 2.45) is 11.8 Å². The molecule has 0 radical (unpaired) electrons. The van der Waals surface area contributed by atoms with E-state index in [-0.39, 0.29) is 35.4 Å². The molecule has 1 fully saturated rings. The highest BCUT2D eigenvalue weighted by Gasteiger charge is 2.28. The molecule has 180 valence electrons. The number of benzene rings is 1. The molecule has 1 aliphatic carbocycles. The molecule has 1 N–H and O–H groups in total. The third-order valence-corrected chi connectivity index (χ3v) is 6.92. The maximum absolute atomic E-state index is 14.9. The topological polar surface area (TPSA) is 76.9 Å². The number of Topliss-reactive ketones (excluding diaryl/α,β-unsaturated/α-hetero) is 1. The number of hydrogen-bond acceptors (Lipinski definition) is 4. The molecule has 7 heteroatoms. The average molecular weight is 465 g/mol. The van der Waals surface area contributed by atoms with Gasteiger partial charge in [-0.15, -0.1) is 0 Å². The van der Waals surface area contributed by atoms with Gasteiger partial charge in [0, 0.05) is 31.0 Å². The number of halogens is 1. The number of carbonyl (C=O) groups excluding carboxylic acids is 2. The van der Waals surface area contributed by atoms with Crippen LogP contribution in [-0.4, -0.2) is 26.2 Å². The fraction of sp³-hybridized carbons (Fsp3) is 0.481. The SMILES string of the molecule is CCC(=O)C[C@@H]1CCC[C@H](C(=O)Nc2cc(-c3cc(F)c4ncn(C(C)C)c4c3)c(C)cn2)C1. The van der Waals surface area contributed by atoms with Crippen LogP contribution in [0.3, 0.4) is 0 Å². The molecule has 2 heterocycles. The minimum Gasteiger partial charge on any atom is -0.328 e. The van der Waals surface area contributed by atoms with Crippen LogP contribution in [0.4, 0.5) is 10.2 Å². The van der Waals surface area contributed by atoms with Crippen molar-refractivity contribution < 1.29 is 14.0 Å². The maximum atomic E-state index is 14.9. The van der Waals surface area contributed by atoms with Gasteiger partial charge < -0.3 is 9.88 Å². The lowest BCUT2D eigenvalue weighted by Crippen LogP contribution is -2.29. The lowest BCUT2D eigenvalue weighted by molar-refractivity contribution is -0.123. The predicted octanol–water partition coefficient (Wildman–Crippen LogP) is 6.24. The highest BCUT2D eigenvalue weighted by molar-refractivity contribution is 5.93. The summed E-state index contributed by atoms with van der Waals surface area (Å²) in [7, 11) is 0. The van der Waals surface area contributed by atoms with Crippen LogP contribution in [-0.2, 0) is 9.59 Å². The van der Waals surface area contributed by atoms with Crippen LogP contribution in [0.15, 0.2) is 30.7 Å². The fourth-order valence-electron chi connectivity index (χ4n) is 4.97. The Labute approximate surface area is 200 Å². The van der Waals surface area contributed by atoms with E-state index >= 15 is 0 Å². The number of rotatable bonds is 7. The Morgan fingerprint density at radius 2 is 2.00 bits per heavy atom. The van der Waals surface area contributed by atoms with Crippen LogP contribution in [0, 0.1) is 24.6 Å². The number of imidazole rings is 1. The Morgan fingerprint density at radius 3 is 2.74 bits per heavy atom. The monoisotopic (exact) mass is 464 g/mol. The lowest BCUT2D eigenvalue weighted by atomic mass is 9.78. The van der Waals surface area contributed by atoms with Gasteiger partial charge in [0.05, 0.1) is 11.8 Å². The molecule has 6 nitrogen and oxygen atoms in total. The minimum absolute atomic E-state index is 0.0598. The van der Waals surface area contributed by atoms with Crippen molar-refractivity contribution in [1.29, 1.82) is 0 Å². The summed E-state index contributed by atoms with van der Waals surface area (Å²) in [5.41, 5.74) is 3.52. The standard InChI is InChI=1S/C27H33FN4O2/c1-5-21(33)10-18-7-6-8-19(9-18)27(34)31-25-13-22(17(4)14-29-25)20-11-23(28)26-24(12-20)32(15-30-26)16(2)3/h11-16,18-19H,5-10H2,1-4H3,(H,29,31,34)/t18-,19+/m1/s1. The molecule has 3 aromatic rings. The van der Waals surface area contributed by atoms with Gasteiger partial charge in [0.15, 0.2) is 5.82 Å². The van der Waals surface area contributed by atoms with Crippen LogP contribution >= 0.6 is 0 Å². The molecule has 1 aliphatic rings. The van der Waals surface area contributed by atoms with Crippen LogP contribution in [0.25, 0.3) is 22.2 Å². The number of nitrogens with zero attached hydrogens (tertiary/aromatic N) is 3. The number of aromatic nitrogens is 3. The normalized spacial score (nSPS) is 18.4. The summed E-state index contributed by atoms with van der Waals surface area (Å²) in [6.07, 6.45) is 8.00. The molecule has 0 saturated heterocycles. The molecule has 2 aromatic heterocycles. The number of anilines is 1. The van der Waals surface area contributed by atoms with Crippen LogP contribution in [0.5, 0.6) is 0 Å². The molecule has 2 atom stereocenters. The average Bonchev–Trinajstić information content (AvgIpc) is 3.25. The van der Waals surface area contributed by atoms with Gasteiger partial charge in [-0.3, -0.25) is 9.59 Å². The van der Waals surface area contributed by atoms with Crippen molar-refractivity contribution >= 4 is 28.5 Å². The predicted molar refractivity (Wildman–Crippen MR) is 132 cm³/mol. The van der Waals surface area contributed by atoms with E-state index in [2.05, 4.69) is 15.3 Å². The van der Waals surface area contributed by atoms with Crippen molar-refractivity contribution in [2.45, 2.75) is 72.3 Å². The van der Waals surface area contributed by atoms with E-state index in [0.29, 0.717) is 24.2 Å². The molecule has 0 bridgehead atoms. The first-order valence-electron chi connectivity index (χ1n) is 12.2. The Bertz CT molecular complexity index is 1220. The number of pyridine rings is 1. The number of aryl methyl sites for hydroxylation is 1. The molecule has 1 saturated carbocycles. The maximum Gasteiger partial charge on any atom is 0.228 e. The highest BCUT2D eigenvalue weighted by atomic mass is 19.1. The molecule has 1 aromatic carbocycles. The van der Waals surface area contributed by atoms with E-state index in [1.807, 2.05) is 44.4 Å². The first-order valence-corrected chi connectivity index (χ1v) is 12.2. The number of hydrogen-bond donors (Lipinski definition) is 1. The van der Waals surface area contributed by atoms with Crippen molar-refractivity contribution in [3.63, 3.8) is 0 Å². The third-order valence-electron chi connectivity index (χ3n) is 6.92. The van der Waals surface area contributed by atoms with Gasteiger partial charge in [-0.25, -0.2) is 14.4 Å². The zero-order valence-electron chi connectivity index (χ0n) is 20.4. The highest BCUT2D eigenvalue weighted by Crippen LogP contribution is 2.34. The number of fused-ring (bicyclic) bond motifs is 1. The largest absolute Gasteiger partial charge is 0.328 e. The van der Waals surface area contributed by atoms with Gasteiger partial charge >= 0.3 is 0 Å². The van der Waals surface area contributed by atoms with Gasteiger partial charge in [0.25, 0.3) is 0 Å². The number of amides is 1. The minimum atomic E-state index is -0.372.